The number of carbonyl (C=O) groups excluding carboxylic acids is 1. The molecule has 1 aromatic heterocycles. The summed E-state index contributed by atoms with van der Waals surface area (Å²) >= 11 is 0. The fourth-order valence-corrected chi connectivity index (χ4v) is 5.42. The summed E-state index contributed by atoms with van der Waals surface area (Å²) in [6.07, 6.45) is 4.91. The molecule has 8 nitrogen and oxygen atoms in total. The molecule has 1 saturated heterocycles. The first-order valence-electron chi connectivity index (χ1n) is 11.1. The van der Waals surface area contributed by atoms with Crippen LogP contribution in [0.25, 0.3) is 0 Å². The van der Waals surface area contributed by atoms with Gasteiger partial charge in [-0.25, -0.2) is 8.42 Å². The van der Waals surface area contributed by atoms with E-state index in [9.17, 15) is 13.2 Å². The third kappa shape index (κ3) is 4.53. The first-order valence-corrected chi connectivity index (χ1v) is 12.5. The van der Waals surface area contributed by atoms with Gasteiger partial charge in [-0.1, -0.05) is 0 Å². The second kappa shape index (κ2) is 8.37. The van der Waals surface area contributed by atoms with E-state index in [4.69, 9.17) is 9.84 Å². The lowest BCUT2D eigenvalue weighted by atomic mass is 10.2. The van der Waals surface area contributed by atoms with Crippen molar-refractivity contribution >= 4 is 15.9 Å². The van der Waals surface area contributed by atoms with Gasteiger partial charge in [0, 0.05) is 42.7 Å². The van der Waals surface area contributed by atoms with Crippen molar-refractivity contribution in [2.45, 2.75) is 49.0 Å². The molecular weight excluding hydrogens is 416 g/mol. The Morgan fingerprint density at radius 2 is 1.74 bits per heavy atom. The maximum atomic E-state index is 12.7. The zero-order chi connectivity index (χ0) is 21.4. The molecule has 9 heteroatoms. The number of amides is 1. The van der Waals surface area contributed by atoms with E-state index in [1.54, 1.807) is 12.1 Å². The Balaban J connectivity index is 1.18. The number of morpholine rings is 1. The summed E-state index contributed by atoms with van der Waals surface area (Å²) in [4.78, 5) is 12.7. The van der Waals surface area contributed by atoms with E-state index in [-0.39, 0.29) is 10.8 Å². The predicted molar refractivity (Wildman–Crippen MR) is 115 cm³/mol. The summed E-state index contributed by atoms with van der Waals surface area (Å²) in [5.74, 6) is 1.04. The van der Waals surface area contributed by atoms with Crippen LogP contribution in [0.2, 0.25) is 0 Å². The average Bonchev–Trinajstić information content (AvgIpc) is 3.73. The number of carbonyl (C=O) groups is 1. The summed E-state index contributed by atoms with van der Waals surface area (Å²) < 4.78 is 34.1. The van der Waals surface area contributed by atoms with Gasteiger partial charge in [0.05, 0.1) is 30.3 Å². The molecule has 5 rings (SSSR count). The lowest BCUT2D eigenvalue weighted by Crippen LogP contribution is -2.40. The molecule has 2 saturated carbocycles. The van der Waals surface area contributed by atoms with Crippen LogP contribution in [-0.4, -0.2) is 61.3 Å². The second-order valence-electron chi connectivity index (χ2n) is 8.56. The van der Waals surface area contributed by atoms with Crippen LogP contribution in [-0.2, 0) is 21.3 Å². The van der Waals surface area contributed by atoms with Crippen molar-refractivity contribution in [2.75, 3.05) is 32.8 Å². The minimum Gasteiger partial charge on any atom is -0.379 e. The van der Waals surface area contributed by atoms with Gasteiger partial charge in [-0.15, -0.1) is 0 Å². The van der Waals surface area contributed by atoms with Crippen LogP contribution >= 0.6 is 0 Å². The minimum atomic E-state index is -3.55. The third-order valence-corrected chi connectivity index (χ3v) is 8.07. The number of nitrogens with zero attached hydrogens (tertiary/aromatic N) is 3. The van der Waals surface area contributed by atoms with Crippen LogP contribution in [0.5, 0.6) is 0 Å². The van der Waals surface area contributed by atoms with Gasteiger partial charge >= 0.3 is 0 Å². The molecule has 0 bridgehead atoms. The molecule has 1 amide bonds. The number of benzene rings is 1. The maximum absolute atomic E-state index is 12.7. The Kier molecular flexibility index (Phi) is 5.58. The fourth-order valence-electron chi connectivity index (χ4n) is 4.01. The summed E-state index contributed by atoms with van der Waals surface area (Å²) in [6.45, 7) is 2.64. The van der Waals surface area contributed by atoms with E-state index in [0.717, 1.165) is 0 Å². The Labute approximate surface area is 182 Å². The normalized spacial score (nSPS) is 20.0. The van der Waals surface area contributed by atoms with Crippen LogP contribution < -0.4 is 5.32 Å². The summed E-state index contributed by atoms with van der Waals surface area (Å²) in [6, 6.07) is 8.39. The van der Waals surface area contributed by atoms with Gasteiger partial charge in [0.2, 0.25) is 10.0 Å². The maximum Gasteiger partial charge on any atom is 0.251 e. The van der Waals surface area contributed by atoms with Gasteiger partial charge in [-0.3, -0.25) is 9.48 Å². The largest absolute Gasteiger partial charge is 0.379 e. The van der Waals surface area contributed by atoms with Gasteiger partial charge in [0.15, 0.2) is 0 Å². The third-order valence-electron chi connectivity index (χ3n) is 6.15. The fraction of sp³-hybridized carbons (Fsp3) is 0.545. The summed E-state index contributed by atoms with van der Waals surface area (Å²) in [5, 5.41) is 7.70. The number of sulfonamides is 1. The lowest BCUT2D eigenvalue weighted by Gasteiger charge is -2.26. The molecule has 3 fully saturated rings. The van der Waals surface area contributed by atoms with Crippen molar-refractivity contribution in [2.24, 2.45) is 0 Å². The smallest absolute Gasteiger partial charge is 0.251 e. The second-order valence-corrected chi connectivity index (χ2v) is 10.5. The molecule has 166 valence electrons. The van der Waals surface area contributed by atoms with Gasteiger partial charge in [0.25, 0.3) is 5.91 Å². The van der Waals surface area contributed by atoms with E-state index in [1.807, 2.05) is 0 Å². The summed E-state index contributed by atoms with van der Waals surface area (Å²) in [7, 11) is -3.55. The zero-order valence-electron chi connectivity index (χ0n) is 17.5. The molecule has 2 aliphatic carbocycles. The molecule has 0 atom stereocenters. The van der Waals surface area contributed by atoms with Crippen molar-refractivity contribution in [1.82, 2.24) is 19.4 Å². The number of hydrogen-bond acceptors (Lipinski definition) is 5. The highest BCUT2D eigenvalue weighted by molar-refractivity contribution is 7.89. The molecular formula is C22H28N4O4S. The number of hydrogen-bond donors (Lipinski definition) is 1. The quantitative estimate of drug-likeness (QED) is 0.673. The lowest BCUT2D eigenvalue weighted by molar-refractivity contribution is 0.0730. The van der Waals surface area contributed by atoms with Gasteiger partial charge in [0.1, 0.15) is 0 Å². The Morgan fingerprint density at radius 3 is 2.39 bits per heavy atom. The van der Waals surface area contributed by atoms with Crippen molar-refractivity contribution in [3.05, 3.63) is 47.3 Å². The van der Waals surface area contributed by atoms with Crippen molar-refractivity contribution in [3.63, 3.8) is 0 Å². The average molecular weight is 445 g/mol. The molecule has 2 aromatic rings. The molecule has 0 radical (unpaired) electrons. The molecule has 1 aromatic carbocycles. The van der Waals surface area contributed by atoms with E-state index in [2.05, 4.69) is 16.1 Å². The monoisotopic (exact) mass is 444 g/mol. The molecule has 0 unspecified atom stereocenters. The zero-order valence-corrected chi connectivity index (χ0v) is 18.3. The minimum absolute atomic E-state index is 0.198. The summed E-state index contributed by atoms with van der Waals surface area (Å²) in [5.41, 5.74) is 2.95. The highest BCUT2D eigenvalue weighted by Crippen LogP contribution is 2.44. The standard InChI is InChI=1S/C22H28N4O4S/c27-22(18-5-7-19(8-6-18)31(28,29)25-11-13-30-14-12-25)23-9-10-26-21(17-3-4-17)15-20(24-26)16-1-2-16/h5-8,15-17H,1-4,9-14H2,(H,23,27). The Hall–Kier alpha value is -2.23. The van der Waals surface area contributed by atoms with Crippen LogP contribution in [0.4, 0.5) is 0 Å². The first kappa shape index (κ1) is 20.7. The highest BCUT2D eigenvalue weighted by Gasteiger charge is 2.32. The number of ether oxygens (including phenoxy) is 1. The Morgan fingerprint density at radius 1 is 1.06 bits per heavy atom. The van der Waals surface area contributed by atoms with E-state index >= 15 is 0 Å². The van der Waals surface area contributed by atoms with Gasteiger partial charge in [-0.05, 0) is 56.0 Å². The van der Waals surface area contributed by atoms with E-state index in [1.165, 1.54) is 53.5 Å². The SMILES string of the molecule is O=C(NCCn1nc(C2CC2)cc1C1CC1)c1ccc(S(=O)(=O)N2CCOCC2)cc1. The molecule has 1 aliphatic heterocycles. The molecule has 31 heavy (non-hydrogen) atoms. The first-order chi connectivity index (χ1) is 15.0. The molecule has 2 heterocycles. The Bertz CT molecular complexity index is 1050. The molecule has 1 N–H and O–H groups in total. The van der Waals surface area contributed by atoms with Gasteiger partial charge in [-0.2, -0.15) is 9.40 Å². The van der Waals surface area contributed by atoms with E-state index < -0.39 is 10.0 Å². The predicted octanol–water partition coefficient (Wildman–Crippen LogP) is 2.09. The molecule has 0 spiro atoms. The van der Waals surface area contributed by atoms with E-state index in [0.29, 0.717) is 56.8 Å². The molecule has 3 aliphatic rings. The van der Waals surface area contributed by atoms with Crippen molar-refractivity contribution in [1.29, 1.82) is 0 Å². The number of rotatable bonds is 8. The highest BCUT2D eigenvalue weighted by atomic mass is 32.2. The van der Waals surface area contributed by atoms with Crippen LogP contribution in [0.15, 0.2) is 35.2 Å². The number of aromatic nitrogens is 2. The van der Waals surface area contributed by atoms with Crippen LogP contribution in [0.1, 0.15) is 59.3 Å². The van der Waals surface area contributed by atoms with Crippen LogP contribution in [0.3, 0.4) is 0 Å². The number of nitrogens with one attached hydrogen (secondary N) is 1. The van der Waals surface area contributed by atoms with Crippen molar-refractivity contribution < 1.29 is 17.9 Å². The van der Waals surface area contributed by atoms with Crippen LogP contribution in [0, 0.1) is 0 Å². The van der Waals surface area contributed by atoms with Crippen molar-refractivity contribution in [3.8, 4) is 0 Å². The topological polar surface area (TPSA) is 93.5 Å². The van der Waals surface area contributed by atoms with Gasteiger partial charge < -0.3 is 10.1 Å².